The molecular weight excluding hydrogens is 274 g/mol. The van der Waals surface area contributed by atoms with E-state index in [0.29, 0.717) is 5.92 Å². The van der Waals surface area contributed by atoms with Crippen LogP contribution in [0.15, 0.2) is 30.6 Å². The van der Waals surface area contributed by atoms with Crippen LogP contribution in [0.4, 0.5) is 5.82 Å². The summed E-state index contributed by atoms with van der Waals surface area (Å²) in [7, 11) is 0. The summed E-state index contributed by atoms with van der Waals surface area (Å²) in [5, 5.41) is 3.44. The van der Waals surface area contributed by atoms with Gasteiger partial charge in [-0.25, -0.2) is 9.97 Å². The summed E-state index contributed by atoms with van der Waals surface area (Å²) in [5.74, 6) is 2.23. The minimum Gasteiger partial charge on any atom is -0.355 e. The van der Waals surface area contributed by atoms with Gasteiger partial charge >= 0.3 is 0 Å². The van der Waals surface area contributed by atoms with E-state index in [2.05, 4.69) is 35.1 Å². The number of rotatable bonds is 3. The molecule has 22 heavy (non-hydrogen) atoms. The molecule has 5 nitrogen and oxygen atoms in total. The Morgan fingerprint density at radius 3 is 2.86 bits per heavy atom. The minimum atomic E-state index is 0.306. The summed E-state index contributed by atoms with van der Waals surface area (Å²) in [5.41, 5.74) is 2.00. The van der Waals surface area contributed by atoms with Crippen LogP contribution < -0.4 is 10.2 Å². The zero-order valence-electron chi connectivity index (χ0n) is 13.3. The predicted molar refractivity (Wildman–Crippen MR) is 89.1 cm³/mol. The first kappa shape index (κ1) is 14.9. The third-order valence-electron chi connectivity index (χ3n) is 3.87. The quantitative estimate of drug-likeness (QED) is 0.943. The second-order valence-electron chi connectivity index (χ2n) is 5.96. The fourth-order valence-electron chi connectivity index (χ4n) is 2.61. The predicted octanol–water partition coefficient (Wildman–Crippen LogP) is 2.46. The van der Waals surface area contributed by atoms with Crippen molar-refractivity contribution in [2.45, 2.75) is 26.2 Å². The third kappa shape index (κ3) is 3.42. The molecule has 0 atom stereocenters. The largest absolute Gasteiger partial charge is 0.355 e. The molecule has 0 aliphatic carbocycles. The van der Waals surface area contributed by atoms with Crippen molar-refractivity contribution in [3.8, 4) is 11.3 Å². The molecule has 1 N–H and O–H groups in total. The normalized spacial score (nSPS) is 15.9. The standard InChI is InChI=1S/C17H23N5/c1-13(2)17-20-15(14-5-3-6-19-12-14)11-16(21-17)22-9-4-7-18-8-10-22/h3,5-6,11-13,18H,4,7-10H2,1-2H3. The second-order valence-corrected chi connectivity index (χ2v) is 5.96. The van der Waals surface area contributed by atoms with Gasteiger partial charge in [0, 0.05) is 49.6 Å². The Morgan fingerprint density at radius 2 is 2.09 bits per heavy atom. The van der Waals surface area contributed by atoms with Crippen molar-refractivity contribution >= 4 is 5.82 Å². The van der Waals surface area contributed by atoms with Gasteiger partial charge in [0.15, 0.2) is 0 Å². The Hall–Kier alpha value is -2.01. The lowest BCUT2D eigenvalue weighted by Gasteiger charge is -2.22. The topological polar surface area (TPSA) is 53.9 Å². The van der Waals surface area contributed by atoms with Crippen molar-refractivity contribution in [2.24, 2.45) is 0 Å². The molecule has 1 aliphatic heterocycles. The van der Waals surface area contributed by atoms with Crippen molar-refractivity contribution in [2.75, 3.05) is 31.1 Å². The van der Waals surface area contributed by atoms with Crippen LogP contribution in [0.25, 0.3) is 11.3 Å². The molecule has 0 radical (unpaired) electrons. The molecule has 0 aromatic carbocycles. The fourth-order valence-corrected chi connectivity index (χ4v) is 2.61. The smallest absolute Gasteiger partial charge is 0.133 e. The Morgan fingerprint density at radius 1 is 1.18 bits per heavy atom. The van der Waals surface area contributed by atoms with Crippen molar-refractivity contribution in [1.29, 1.82) is 0 Å². The first-order chi connectivity index (χ1) is 10.7. The fraction of sp³-hybridized carbons (Fsp3) is 0.471. The lowest BCUT2D eigenvalue weighted by Crippen LogP contribution is -2.29. The highest BCUT2D eigenvalue weighted by Gasteiger charge is 2.15. The van der Waals surface area contributed by atoms with Crippen molar-refractivity contribution in [3.05, 3.63) is 36.4 Å². The lowest BCUT2D eigenvalue weighted by atomic mass is 10.1. The molecule has 5 heteroatoms. The summed E-state index contributed by atoms with van der Waals surface area (Å²) < 4.78 is 0. The maximum Gasteiger partial charge on any atom is 0.133 e. The van der Waals surface area contributed by atoms with Crippen LogP contribution in [0.2, 0.25) is 0 Å². The molecule has 0 bridgehead atoms. The monoisotopic (exact) mass is 297 g/mol. The second kappa shape index (κ2) is 6.83. The van der Waals surface area contributed by atoms with Gasteiger partial charge in [0.05, 0.1) is 5.69 Å². The van der Waals surface area contributed by atoms with E-state index >= 15 is 0 Å². The molecule has 2 aromatic rings. The SMILES string of the molecule is CC(C)c1nc(-c2cccnc2)cc(N2CCCNCC2)n1. The van der Waals surface area contributed by atoms with E-state index in [1.807, 2.05) is 18.3 Å². The Labute approximate surface area is 131 Å². The molecule has 3 rings (SSSR count). The van der Waals surface area contributed by atoms with Gasteiger partial charge in [-0.15, -0.1) is 0 Å². The molecular formula is C17H23N5. The average Bonchev–Trinajstić information content (AvgIpc) is 2.84. The Bertz CT molecular complexity index is 604. The van der Waals surface area contributed by atoms with E-state index in [9.17, 15) is 0 Å². The maximum absolute atomic E-state index is 4.79. The van der Waals surface area contributed by atoms with E-state index in [4.69, 9.17) is 9.97 Å². The first-order valence-electron chi connectivity index (χ1n) is 7.99. The summed E-state index contributed by atoms with van der Waals surface area (Å²) in [6.07, 6.45) is 4.79. The van der Waals surface area contributed by atoms with Crippen LogP contribution in [-0.4, -0.2) is 41.1 Å². The van der Waals surface area contributed by atoms with E-state index < -0.39 is 0 Å². The van der Waals surface area contributed by atoms with Gasteiger partial charge in [-0.3, -0.25) is 4.98 Å². The number of hydrogen-bond donors (Lipinski definition) is 1. The molecule has 1 saturated heterocycles. The molecule has 116 valence electrons. The van der Waals surface area contributed by atoms with E-state index in [-0.39, 0.29) is 0 Å². The van der Waals surface area contributed by atoms with Gasteiger partial charge < -0.3 is 10.2 Å². The summed E-state index contributed by atoms with van der Waals surface area (Å²) in [4.78, 5) is 16.1. The Kier molecular flexibility index (Phi) is 4.63. The molecule has 1 aliphatic rings. The van der Waals surface area contributed by atoms with Crippen LogP contribution in [0.1, 0.15) is 32.0 Å². The number of anilines is 1. The molecule has 3 heterocycles. The zero-order chi connectivity index (χ0) is 15.4. The van der Waals surface area contributed by atoms with E-state index in [1.54, 1.807) is 6.20 Å². The van der Waals surface area contributed by atoms with Crippen LogP contribution in [0.3, 0.4) is 0 Å². The van der Waals surface area contributed by atoms with Crippen molar-refractivity contribution in [1.82, 2.24) is 20.3 Å². The van der Waals surface area contributed by atoms with Crippen LogP contribution >= 0.6 is 0 Å². The van der Waals surface area contributed by atoms with Gasteiger partial charge in [0.25, 0.3) is 0 Å². The zero-order valence-corrected chi connectivity index (χ0v) is 13.3. The number of nitrogens with one attached hydrogen (secondary N) is 1. The van der Waals surface area contributed by atoms with E-state index in [0.717, 1.165) is 55.5 Å². The number of aromatic nitrogens is 3. The van der Waals surface area contributed by atoms with Gasteiger partial charge in [-0.05, 0) is 25.1 Å². The van der Waals surface area contributed by atoms with E-state index in [1.165, 1.54) is 0 Å². The van der Waals surface area contributed by atoms with Crippen molar-refractivity contribution < 1.29 is 0 Å². The lowest BCUT2D eigenvalue weighted by molar-refractivity contribution is 0.724. The molecule has 0 spiro atoms. The molecule has 2 aromatic heterocycles. The third-order valence-corrected chi connectivity index (χ3v) is 3.87. The molecule has 0 amide bonds. The van der Waals surface area contributed by atoms with Gasteiger partial charge in [-0.2, -0.15) is 0 Å². The highest BCUT2D eigenvalue weighted by molar-refractivity contribution is 5.62. The Balaban J connectivity index is 2.00. The summed E-state index contributed by atoms with van der Waals surface area (Å²) in [6, 6.07) is 6.09. The molecule has 0 saturated carbocycles. The molecule has 0 unspecified atom stereocenters. The van der Waals surface area contributed by atoms with Crippen LogP contribution in [0, 0.1) is 0 Å². The number of hydrogen-bond acceptors (Lipinski definition) is 5. The van der Waals surface area contributed by atoms with Crippen LogP contribution in [-0.2, 0) is 0 Å². The average molecular weight is 297 g/mol. The summed E-state index contributed by atoms with van der Waals surface area (Å²) >= 11 is 0. The minimum absolute atomic E-state index is 0.306. The number of nitrogens with zero attached hydrogens (tertiary/aromatic N) is 4. The van der Waals surface area contributed by atoms with Crippen molar-refractivity contribution in [3.63, 3.8) is 0 Å². The highest BCUT2D eigenvalue weighted by atomic mass is 15.2. The van der Waals surface area contributed by atoms with Crippen LogP contribution in [0.5, 0.6) is 0 Å². The number of pyridine rings is 1. The summed E-state index contributed by atoms with van der Waals surface area (Å²) in [6.45, 7) is 8.37. The van der Waals surface area contributed by atoms with Gasteiger partial charge in [0.2, 0.25) is 0 Å². The first-order valence-corrected chi connectivity index (χ1v) is 7.99. The van der Waals surface area contributed by atoms with Gasteiger partial charge in [0.1, 0.15) is 11.6 Å². The van der Waals surface area contributed by atoms with Gasteiger partial charge in [-0.1, -0.05) is 13.8 Å². The maximum atomic E-state index is 4.79. The highest BCUT2D eigenvalue weighted by Crippen LogP contribution is 2.24. The molecule has 1 fully saturated rings.